The molecule has 0 atom stereocenters. The molecule has 0 saturated carbocycles. The fourth-order valence-electron chi connectivity index (χ4n) is 2.40. The van der Waals surface area contributed by atoms with E-state index in [1.54, 1.807) is 11.8 Å². The summed E-state index contributed by atoms with van der Waals surface area (Å²) < 4.78 is 7.22. The molecule has 0 N–H and O–H groups in total. The van der Waals surface area contributed by atoms with Crippen LogP contribution in [0.3, 0.4) is 0 Å². The Balaban J connectivity index is 2.15. The summed E-state index contributed by atoms with van der Waals surface area (Å²) >= 11 is 0. The molecule has 1 heterocycles. The van der Waals surface area contributed by atoms with Crippen LogP contribution >= 0.6 is 0 Å². The summed E-state index contributed by atoms with van der Waals surface area (Å²) in [6.07, 6.45) is 2.21. The van der Waals surface area contributed by atoms with E-state index in [0.29, 0.717) is 6.42 Å². The molecule has 1 aromatic heterocycles. The normalized spacial score (nSPS) is 10.2. The van der Waals surface area contributed by atoms with Crippen molar-refractivity contribution < 1.29 is 4.74 Å². The number of methoxy groups -OCH3 is 1. The van der Waals surface area contributed by atoms with Crippen molar-refractivity contribution in [1.29, 1.82) is 5.26 Å². The van der Waals surface area contributed by atoms with Crippen molar-refractivity contribution in [1.82, 2.24) is 9.78 Å². The Kier molecular flexibility index (Phi) is 3.88. The Hall–Kier alpha value is -3.06. The molecule has 0 saturated heterocycles. The monoisotopic (exact) mass is 289 g/mol. The van der Waals surface area contributed by atoms with Crippen LogP contribution in [0.1, 0.15) is 5.56 Å². The zero-order valence-corrected chi connectivity index (χ0v) is 12.2. The summed E-state index contributed by atoms with van der Waals surface area (Å²) in [7, 11) is 1.64. The predicted molar refractivity (Wildman–Crippen MR) is 84.9 cm³/mol. The molecule has 2 aromatic carbocycles. The summed E-state index contributed by atoms with van der Waals surface area (Å²) in [6.45, 7) is 0. The third-order valence-electron chi connectivity index (χ3n) is 3.44. The first kappa shape index (κ1) is 13.9. The van der Waals surface area contributed by atoms with Crippen LogP contribution in [-0.2, 0) is 6.42 Å². The minimum atomic E-state index is 0.306. The number of nitrogens with zero attached hydrogens (tertiary/aromatic N) is 3. The van der Waals surface area contributed by atoms with Gasteiger partial charge in [0.15, 0.2) is 0 Å². The summed E-state index contributed by atoms with van der Waals surface area (Å²) in [6, 6.07) is 19.8. The van der Waals surface area contributed by atoms with Crippen molar-refractivity contribution in [2.75, 3.05) is 7.11 Å². The van der Waals surface area contributed by atoms with Crippen molar-refractivity contribution in [2.45, 2.75) is 6.42 Å². The van der Waals surface area contributed by atoms with Gasteiger partial charge in [0.2, 0.25) is 0 Å². The Morgan fingerprint density at radius 3 is 2.55 bits per heavy atom. The van der Waals surface area contributed by atoms with Crippen LogP contribution in [0.5, 0.6) is 5.75 Å². The SMILES string of the molecule is COc1ccccc1-c1nn(-c2ccccc2)cc1CC#N. The van der Waals surface area contributed by atoms with Crippen molar-refractivity contribution in [3.05, 3.63) is 66.4 Å². The van der Waals surface area contributed by atoms with Gasteiger partial charge in [0.05, 0.1) is 25.3 Å². The van der Waals surface area contributed by atoms with Gasteiger partial charge in [0.1, 0.15) is 11.4 Å². The summed E-state index contributed by atoms with van der Waals surface area (Å²) in [5.41, 5.74) is 3.52. The minimum Gasteiger partial charge on any atom is -0.496 e. The fraction of sp³-hybridized carbons (Fsp3) is 0.111. The second-order valence-electron chi connectivity index (χ2n) is 4.82. The molecular weight excluding hydrogens is 274 g/mol. The number of para-hydroxylation sites is 2. The Labute approximate surface area is 129 Å². The van der Waals surface area contributed by atoms with E-state index in [9.17, 15) is 0 Å². The quantitative estimate of drug-likeness (QED) is 0.737. The van der Waals surface area contributed by atoms with Crippen LogP contribution < -0.4 is 4.74 Å². The van der Waals surface area contributed by atoms with Gasteiger partial charge >= 0.3 is 0 Å². The van der Waals surface area contributed by atoms with Crippen molar-refractivity contribution in [3.63, 3.8) is 0 Å². The maximum absolute atomic E-state index is 9.08. The second kappa shape index (κ2) is 6.15. The maximum atomic E-state index is 9.08. The van der Waals surface area contributed by atoms with Crippen molar-refractivity contribution in [2.24, 2.45) is 0 Å². The average Bonchev–Trinajstić information content (AvgIpc) is 3.00. The maximum Gasteiger partial charge on any atom is 0.128 e. The molecule has 0 unspecified atom stereocenters. The second-order valence-corrected chi connectivity index (χ2v) is 4.82. The lowest BCUT2D eigenvalue weighted by molar-refractivity contribution is 0.416. The van der Waals surface area contributed by atoms with E-state index >= 15 is 0 Å². The first-order chi connectivity index (χ1) is 10.8. The van der Waals surface area contributed by atoms with E-state index in [4.69, 9.17) is 10.00 Å². The lowest BCUT2D eigenvalue weighted by Crippen LogP contribution is -1.95. The van der Waals surface area contributed by atoms with Crippen molar-refractivity contribution >= 4 is 0 Å². The lowest BCUT2D eigenvalue weighted by Gasteiger charge is -2.06. The molecule has 4 heteroatoms. The molecule has 3 aromatic rings. The summed E-state index contributed by atoms with van der Waals surface area (Å²) in [4.78, 5) is 0. The van der Waals surface area contributed by atoms with E-state index in [1.165, 1.54) is 0 Å². The Bertz CT molecular complexity index is 816. The number of hydrogen-bond donors (Lipinski definition) is 0. The zero-order chi connectivity index (χ0) is 15.4. The van der Waals surface area contributed by atoms with Crippen LogP contribution in [-0.4, -0.2) is 16.9 Å². The minimum absolute atomic E-state index is 0.306. The first-order valence-electron chi connectivity index (χ1n) is 6.98. The van der Waals surface area contributed by atoms with Gasteiger partial charge in [-0.3, -0.25) is 0 Å². The average molecular weight is 289 g/mol. The molecule has 0 aliphatic carbocycles. The number of ether oxygens (including phenoxy) is 1. The van der Waals surface area contributed by atoms with Crippen LogP contribution in [0.15, 0.2) is 60.8 Å². The smallest absolute Gasteiger partial charge is 0.128 e. The van der Waals surface area contributed by atoms with Gasteiger partial charge in [0.25, 0.3) is 0 Å². The number of hydrogen-bond acceptors (Lipinski definition) is 3. The number of nitriles is 1. The van der Waals surface area contributed by atoms with Gasteiger partial charge in [-0.25, -0.2) is 4.68 Å². The highest BCUT2D eigenvalue weighted by Gasteiger charge is 2.15. The molecule has 3 rings (SSSR count). The molecule has 108 valence electrons. The van der Waals surface area contributed by atoms with E-state index < -0.39 is 0 Å². The van der Waals surface area contributed by atoms with E-state index in [0.717, 1.165) is 28.3 Å². The lowest BCUT2D eigenvalue weighted by atomic mass is 10.1. The van der Waals surface area contributed by atoms with Crippen LogP contribution in [0.2, 0.25) is 0 Å². The van der Waals surface area contributed by atoms with Gasteiger partial charge in [-0.05, 0) is 24.3 Å². The molecular formula is C18H15N3O. The van der Waals surface area contributed by atoms with Gasteiger partial charge in [-0.2, -0.15) is 10.4 Å². The molecule has 0 radical (unpaired) electrons. The zero-order valence-electron chi connectivity index (χ0n) is 12.2. The largest absolute Gasteiger partial charge is 0.496 e. The Morgan fingerprint density at radius 1 is 1.09 bits per heavy atom. The standard InChI is InChI=1S/C18H15N3O/c1-22-17-10-6-5-9-16(17)18-14(11-12-19)13-21(20-18)15-7-3-2-4-8-15/h2-10,13H,11H2,1H3. The topological polar surface area (TPSA) is 50.8 Å². The van der Waals surface area contributed by atoms with Gasteiger partial charge < -0.3 is 4.74 Å². The third-order valence-corrected chi connectivity index (χ3v) is 3.44. The van der Waals surface area contributed by atoms with E-state index in [2.05, 4.69) is 11.2 Å². The number of aromatic nitrogens is 2. The molecule has 0 aliphatic rings. The van der Waals surface area contributed by atoms with Gasteiger partial charge in [-0.1, -0.05) is 30.3 Å². The van der Waals surface area contributed by atoms with E-state index in [-0.39, 0.29) is 0 Å². The van der Waals surface area contributed by atoms with Crippen molar-refractivity contribution in [3.8, 4) is 28.8 Å². The number of benzene rings is 2. The van der Waals surface area contributed by atoms with Gasteiger partial charge in [0, 0.05) is 17.3 Å². The molecule has 0 bridgehead atoms. The first-order valence-corrected chi connectivity index (χ1v) is 6.98. The fourth-order valence-corrected chi connectivity index (χ4v) is 2.40. The summed E-state index contributed by atoms with van der Waals surface area (Å²) in [5, 5.41) is 13.7. The molecule has 0 amide bonds. The molecule has 0 fully saturated rings. The highest BCUT2D eigenvalue weighted by Crippen LogP contribution is 2.31. The highest BCUT2D eigenvalue weighted by atomic mass is 16.5. The molecule has 4 nitrogen and oxygen atoms in total. The molecule has 22 heavy (non-hydrogen) atoms. The van der Waals surface area contributed by atoms with E-state index in [1.807, 2.05) is 60.8 Å². The van der Waals surface area contributed by atoms with Crippen LogP contribution in [0, 0.1) is 11.3 Å². The molecule has 0 spiro atoms. The van der Waals surface area contributed by atoms with Gasteiger partial charge in [-0.15, -0.1) is 0 Å². The van der Waals surface area contributed by atoms with Crippen LogP contribution in [0.25, 0.3) is 16.9 Å². The Morgan fingerprint density at radius 2 is 1.82 bits per heavy atom. The predicted octanol–water partition coefficient (Wildman–Crippen LogP) is 3.61. The highest BCUT2D eigenvalue weighted by molar-refractivity contribution is 5.70. The number of rotatable bonds is 4. The summed E-state index contributed by atoms with van der Waals surface area (Å²) in [5.74, 6) is 0.750. The van der Waals surface area contributed by atoms with Crippen LogP contribution in [0.4, 0.5) is 0 Å². The third kappa shape index (κ3) is 2.57. The molecule has 0 aliphatic heterocycles.